The molecule has 1 aliphatic heterocycles. The number of benzene rings is 2. The van der Waals surface area contributed by atoms with Crippen molar-refractivity contribution in [2.24, 2.45) is 0 Å². The molecule has 2 amide bonds. The van der Waals surface area contributed by atoms with Gasteiger partial charge in [-0.15, -0.1) is 0 Å². The average molecular weight is 478 g/mol. The number of ether oxygens (including phenoxy) is 1. The number of methoxy groups -OCH3 is 1. The molecular weight excluding hydrogens is 450 g/mol. The number of carbonyl (C=O) groups excluding carboxylic acids is 1. The Morgan fingerprint density at radius 2 is 2.00 bits per heavy atom. The Morgan fingerprint density at radius 3 is 2.79 bits per heavy atom. The maximum absolute atomic E-state index is 12.1. The van der Waals surface area contributed by atoms with E-state index in [1.807, 2.05) is 18.2 Å². The van der Waals surface area contributed by atoms with Gasteiger partial charge in [-0.1, -0.05) is 18.2 Å². The topological polar surface area (TPSA) is 106 Å². The minimum atomic E-state index is -0.272. The van der Waals surface area contributed by atoms with Gasteiger partial charge in [0.15, 0.2) is 0 Å². The number of hydrogen-bond acceptors (Lipinski definition) is 8. The van der Waals surface area contributed by atoms with Crippen LogP contribution >= 0.6 is 11.5 Å². The van der Waals surface area contributed by atoms with Crippen LogP contribution in [0.5, 0.6) is 5.75 Å². The third kappa shape index (κ3) is 6.43. The van der Waals surface area contributed by atoms with Crippen LogP contribution < -0.4 is 20.3 Å². The Balaban J connectivity index is 1.18. The van der Waals surface area contributed by atoms with Crippen LogP contribution in [0.4, 0.5) is 15.6 Å². The molecule has 2 heterocycles. The summed E-state index contributed by atoms with van der Waals surface area (Å²) in [5.41, 5.74) is 2.24. The fraction of sp³-hybridized carbons (Fsp3) is 0.333. The molecule has 3 aromatic rings. The second-order valence-electron chi connectivity index (χ2n) is 7.92. The van der Waals surface area contributed by atoms with Gasteiger partial charge in [-0.05, 0) is 35.9 Å². The largest absolute Gasteiger partial charge is 0.497 e. The van der Waals surface area contributed by atoms with E-state index in [-0.39, 0.29) is 6.03 Å². The van der Waals surface area contributed by atoms with Crippen molar-refractivity contribution in [1.82, 2.24) is 19.6 Å². The van der Waals surface area contributed by atoms with Gasteiger partial charge < -0.3 is 20.3 Å². The zero-order valence-corrected chi connectivity index (χ0v) is 19.8. The first-order chi connectivity index (χ1) is 16.6. The highest BCUT2D eigenvalue weighted by Gasteiger charge is 2.20. The molecule has 0 spiro atoms. The Hall–Kier alpha value is -3.68. The molecule has 0 bridgehead atoms. The number of rotatable bonds is 8. The van der Waals surface area contributed by atoms with Gasteiger partial charge >= 0.3 is 6.03 Å². The molecule has 0 saturated carbocycles. The number of piperazine rings is 1. The molecule has 0 atom stereocenters. The molecule has 34 heavy (non-hydrogen) atoms. The zero-order chi connectivity index (χ0) is 23.8. The van der Waals surface area contributed by atoms with E-state index in [0.29, 0.717) is 24.2 Å². The van der Waals surface area contributed by atoms with Crippen molar-refractivity contribution in [2.75, 3.05) is 56.6 Å². The lowest BCUT2D eigenvalue weighted by molar-refractivity contribution is 0.240. The van der Waals surface area contributed by atoms with Crippen LogP contribution in [-0.2, 0) is 6.42 Å². The maximum atomic E-state index is 12.1. The average Bonchev–Trinajstić information content (AvgIpc) is 3.33. The van der Waals surface area contributed by atoms with E-state index in [1.165, 1.54) is 11.5 Å². The first-order valence-electron chi connectivity index (χ1n) is 11.1. The molecule has 1 saturated heterocycles. The van der Waals surface area contributed by atoms with Gasteiger partial charge in [0.1, 0.15) is 11.6 Å². The third-order valence-corrected chi connectivity index (χ3v) is 6.37. The van der Waals surface area contributed by atoms with Crippen LogP contribution in [-0.4, -0.2) is 66.7 Å². The highest BCUT2D eigenvalue weighted by molar-refractivity contribution is 7.09. The Bertz CT molecular complexity index is 1150. The van der Waals surface area contributed by atoms with Crippen LogP contribution in [0, 0.1) is 11.3 Å². The molecule has 0 radical (unpaired) electrons. The highest BCUT2D eigenvalue weighted by Crippen LogP contribution is 2.21. The molecule has 10 heteroatoms. The first kappa shape index (κ1) is 23.5. The lowest BCUT2D eigenvalue weighted by Gasteiger charge is -2.34. The molecule has 176 valence electrons. The number of aromatic nitrogens is 2. The van der Waals surface area contributed by atoms with Gasteiger partial charge in [0.25, 0.3) is 0 Å². The smallest absolute Gasteiger partial charge is 0.319 e. The van der Waals surface area contributed by atoms with Crippen molar-refractivity contribution in [3.05, 3.63) is 65.5 Å². The van der Waals surface area contributed by atoms with Gasteiger partial charge in [0, 0.05) is 62.9 Å². The molecule has 0 aliphatic carbocycles. The molecule has 4 rings (SSSR count). The number of amides is 2. The van der Waals surface area contributed by atoms with Gasteiger partial charge in [0.05, 0.1) is 18.7 Å². The van der Waals surface area contributed by atoms with Crippen molar-refractivity contribution in [3.8, 4) is 11.8 Å². The van der Waals surface area contributed by atoms with Gasteiger partial charge in [0.2, 0.25) is 5.13 Å². The van der Waals surface area contributed by atoms with Crippen LogP contribution in [0.3, 0.4) is 0 Å². The Labute approximate surface area is 203 Å². The zero-order valence-electron chi connectivity index (χ0n) is 19.0. The van der Waals surface area contributed by atoms with E-state index in [9.17, 15) is 4.79 Å². The summed E-state index contributed by atoms with van der Waals surface area (Å²) in [6, 6.07) is 16.6. The summed E-state index contributed by atoms with van der Waals surface area (Å²) in [7, 11) is 1.67. The van der Waals surface area contributed by atoms with E-state index in [0.717, 1.165) is 55.0 Å². The predicted molar refractivity (Wildman–Crippen MR) is 133 cm³/mol. The lowest BCUT2D eigenvalue weighted by atomic mass is 10.1. The van der Waals surface area contributed by atoms with E-state index < -0.39 is 0 Å². The van der Waals surface area contributed by atoms with E-state index in [1.54, 1.807) is 31.4 Å². The van der Waals surface area contributed by atoms with Crippen molar-refractivity contribution in [2.45, 2.75) is 6.42 Å². The number of nitriles is 1. The molecular formula is C24H27N7O2S. The normalized spacial score (nSPS) is 13.8. The van der Waals surface area contributed by atoms with Crippen molar-refractivity contribution < 1.29 is 9.53 Å². The number of carbonyl (C=O) groups is 1. The van der Waals surface area contributed by atoms with Gasteiger partial charge in [-0.2, -0.15) is 9.64 Å². The summed E-state index contributed by atoms with van der Waals surface area (Å²) in [6.07, 6.45) is 0.683. The summed E-state index contributed by atoms with van der Waals surface area (Å²) in [5, 5.41) is 15.5. The lowest BCUT2D eigenvalue weighted by Crippen LogP contribution is -2.48. The van der Waals surface area contributed by atoms with E-state index in [2.05, 4.69) is 36.9 Å². The number of hydrogen-bond donors (Lipinski definition) is 2. The SMILES string of the molecule is COc1cccc(Cc2nsc(N3CCN(CCNC(=O)Nc4cccc(C#N)c4)CC3)n2)c1. The highest BCUT2D eigenvalue weighted by atomic mass is 32.1. The number of anilines is 2. The van der Waals surface area contributed by atoms with E-state index in [4.69, 9.17) is 15.0 Å². The molecule has 2 aromatic carbocycles. The fourth-order valence-electron chi connectivity index (χ4n) is 3.74. The molecule has 1 aliphatic rings. The standard InChI is InChI=1S/C24H27N7O2S/c1-33-21-7-3-4-18(15-21)16-22-28-24(34-29-22)31-12-10-30(11-13-31)9-8-26-23(32)27-20-6-2-5-19(14-20)17-25/h2-7,14-15H,8-13,16H2,1H3,(H2,26,27,32). The molecule has 9 nitrogen and oxygen atoms in total. The summed E-state index contributed by atoms with van der Waals surface area (Å²) < 4.78 is 9.83. The van der Waals surface area contributed by atoms with Crippen LogP contribution in [0.2, 0.25) is 0 Å². The first-order valence-corrected chi connectivity index (χ1v) is 11.9. The number of urea groups is 1. The second-order valence-corrected chi connectivity index (χ2v) is 8.65. The third-order valence-electron chi connectivity index (χ3n) is 5.56. The predicted octanol–water partition coefficient (Wildman–Crippen LogP) is 2.95. The number of nitrogens with one attached hydrogen (secondary N) is 2. The summed E-state index contributed by atoms with van der Waals surface area (Å²) in [4.78, 5) is 21.4. The van der Waals surface area contributed by atoms with Crippen LogP contribution in [0.15, 0.2) is 48.5 Å². The summed E-state index contributed by atoms with van der Waals surface area (Å²) >= 11 is 1.44. The van der Waals surface area contributed by atoms with Crippen molar-refractivity contribution in [3.63, 3.8) is 0 Å². The monoisotopic (exact) mass is 477 g/mol. The van der Waals surface area contributed by atoms with Crippen molar-refractivity contribution in [1.29, 1.82) is 5.26 Å². The Kier molecular flexibility index (Phi) is 7.91. The molecule has 0 unspecified atom stereocenters. The summed E-state index contributed by atoms with van der Waals surface area (Å²) in [5.74, 6) is 1.66. The quantitative estimate of drug-likeness (QED) is 0.514. The second kappa shape index (κ2) is 11.4. The maximum Gasteiger partial charge on any atom is 0.319 e. The van der Waals surface area contributed by atoms with Crippen molar-refractivity contribution >= 4 is 28.4 Å². The molecule has 1 fully saturated rings. The summed E-state index contributed by atoms with van der Waals surface area (Å²) in [6.45, 7) is 4.88. The van der Waals surface area contributed by atoms with Crippen LogP contribution in [0.25, 0.3) is 0 Å². The minimum Gasteiger partial charge on any atom is -0.497 e. The number of nitrogens with zero attached hydrogens (tertiary/aromatic N) is 5. The van der Waals surface area contributed by atoms with Gasteiger partial charge in [-0.3, -0.25) is 4.90 Å². The Morgan fingerprint density at radius 1 is 1.18 bits per heavy atom. The fourth-order valence-corrected chi connectivity index (χ4v) is 4.48. The molecule has 2 N–H and O–H groups in total. The molecule has 1 aromatic heterocycles. The minimum absolute atomic E-state index is 0.272. The van der Waals surface area contributed by atoms with Crippen LogP contribution in [0.1, 0.15) is 17.0 Å². The van der Waals surface area contributed by atoms with E-state index >= 15 is 0 Å². The van der Waals surface area contributed by atoms with Gasteiger partial charge in [-0.25, -0.2) is 9.78 Å².